The Labute approximate surface area is 146 Å². The maximum absolute atomic E-state index is 12.5. The molecule has 1 heterocycles. The molecule has 0 aromatic carbocycles. The summed E-state index contributed by atoms with van der Waals surface area (Å²) in [5.41, 5.74) is 1.64. The third-order valence-electron chi connectivity index (χ3n) is 3.76. The summed E-state index contributed by atoms with van der Waals surface area (Å²) in [6, 6.07) is 0. The van der Waals surface area contributed by atoms with E-state index in [4.69, 9.17) is 16.3 Å². The van der Waals surface area contributed by atoms with E-state index in [0.29, 0.717) is 29.3 Å². The Hall–Kier alpha value is -1.07. The lowest BCUT2D eigenvalue weighted by molar-refractivity contribution is -0.116. The van der Waals surface area contributed by atoms with Crippen molar-refractivity contribution in [1.82, 2.24) is 0 Å². The van der Waals surface area contributed by atoms with Crippen molar-refractivity contribution in [2.75, 3.05) is 11.2 Å². The number of esters is 1. The number of thiophene rings is 1. The van der Waals surface area contributed by atoms with Gasteiger partial charge in [-0.15, -0.1) is 22.9 Å². The predicted molar refractivity (Wildman–Crippen MR) is 94.7 cm³/mol. The molecule has 23 heavy (non-hydrogen) atoms. The Bertz CT molecular complexity index is 568. The molecule has 2 rings (SSSR count). The van der Waals surface area contributed by atoms with Crippen molar-refractivity contribution >= 4 is 39.8 Å². The van der Waals surface area contributed by atoms with E-state index in [1.807, 2.05) is 13.8 Å². The summed E-state index contributed by atoms with van der Waals surface area (Å²) in [4.78, 5) is 25.8. The molecule has 0 unspecified atom stereocenters. The molecule has 1 aromatic heterocycles. The lowest BCUT2D eigenvalue weighted by Gasteiger charge is -2.11. The maximum atomic E-state index is 12.5. The highest BCUT2D eigenvalue weighted by atomic mass is 35.5. The molecular formula is C17H24ClNO3S. The Kier molecular flexibility index (Phi) is 6.90. The van der Waals surface area contributed by atoms with E-state index < -0.39 is 0 Å². The summed E-state index contributed by atoms with van der Waals surface area (Å²) < 4.78 is 5.40. The van der Waals surface area contributed by atoms with Crippen molar-refractivity contribution in [2.45, 2.75) is 64.9 Å². The minimum Gasteiger partial charge on any atom is -0.459 e. The summed E-state index contributed by atoms with van der Waals surface area (Å²) in [5, 5.41) is 3.54. The zero-order valence-electron chi connectivity index (χ0n) is 13.7. The number of hydrogen-bond acceptors (Lipinski definition) is 4. The van der Waals surface area contributed by atoms with Crippen LogP contribution in [0.25, 0.3) is 0 Å². The molecule has 0 fully saturated rings. The lowest BCUT2D eigenvalue weighted by Crippen LogP contribution is -2.17. The summed E-state index contributed by atoms with van der Waals surface area (Å²) in [5.74, 6) is 0.0315. The molecule has 6 heteroatoms. The molecule has 0 saturated carbocycles. The average Bonchev–Trinajstić information content (AvgIpc) is 2.65. The van der Waals surface area contributed by atoms with E-state index in [-0.39, 0.29) is 18.0 Å². The first-order valence-electron chi connectivity index (χ1n) is 8.24. The standard InChI is InChI=1S/C17H24ClNO3S/c1-11(2)22-17(21)15-12-7-4-3-5-8-13(12)23-16(15)19-14(20)9-6-10-18/h11H,3-10H2,1-2H3,(H,19,20). The summed E-state index contributed by atoms with van der Waals surface area (Å²) >= 11 is 7.16. The Morgan fingerprint density at radius 2 is 2.00 bits per heavy atom. The van der Waals surface area contributed by atoms with E-state index in [1.54, 1.807) is 0 Å². The minimum atomic E-state index is -0.327. The van der Waals surface area contributed by atoms with Gasteiger partial charge >= 0.3 is 5.97 Å². The van der Waals surface area contributed by atoms with Crippen LogP contribution in [0.3, 0.4) is 0 Å². The van der Waals surface area contributed by atoms with Crippen molar-refractivity contribution in [3.8, 4) is 0 Å². The minimum absolute atomic E-state index is 0.0966. The summed E-state index contributed by atoms with van der Waals surface area (Å²) in [6.45, 7) is 3.67. The van der Waals surface area contributed by atoms with Crippen LogP contribution in [0.2, 0.25) is 0 Å². The van der Waals surface area contributed by atoms with Crippen LogP contribution in [-0.4, -0.2) is 23.9 Å². The number of carbonyl (C=O) groups is 2. The fraction of sp³-hybridized carbons (Fsp3) is 0.647. The molecule has 4 nitrogen and oxygen atoms in total. The van der Waals surface area contributed by atoms with Crippen LogP contribution in [0.5, 0.6) is 0 Å². The highest BCUT2D eigenvalue weighted by Crippen LogP contribution is 2.38. The van der Waals surface area contributed by atoms with Gasteiger partial charge in [-0.1, -0.05) is 6.42 Å². The molecule has 1 aromatic rings. The van der Waals surface area contributed by atoms with E-state index in [0.717, 1.165) is 31.2 Å². The Balaban J connectivity index is 2.28. The van der Waals surface area contributed by atoms with Crippen molar-refractivity contribution in [3.05, 3.63) is 16.0 Å². The third-order valence-corrected chi connectivity index (χ3v) is 5.23. The molecule has 128 valence electrons. The lowest BCUT2D eigenvalue weighted by atomic mass is 10.1. The van der Waals surface area contributed by atoms with Crippen LogP contribution < -0.4 is 5.32 Å². The van der Waals surface area contributed by atoms with Gasteiger partial charge in [0.25, 0.3) is 0 Å². The highest BCUT2D eigenvalue weighted by Gasteiger charge is 2.27. The van der Waals surface area contributed by atoms with Crippen LogP contribution in [-0.2, 0) is 22.4 Å². The molecule has 1 amide bonds. The van der Waals surface area contributed by atoms with Crippen LogP contribution in [0.15, 0.2) is 0 Å². The number of fused-ring (bicyclic) bond motifs is 1. The number of hydrogen-bond donors (Lipinski definition) is 1. The number of anilines is 1. The van der Waals surface area contributed by atoms with Crippen LogP contribution in [0.4, 0.5) is 5.00 Å². The van der Waals surface area contributed by atoms with Crippen LogP contribution in [0.1, 0.15) is 66.8 Å². The zero-order valence-corrected chi connectivity index (χ0v) is 15.3. The number of aryl methyl sites for hydroxylation is 1. The fourth-order valence-electron chi connectivity index (χ4n) is 2.74. The number of ether oxygens (including phenoxy) is 1. The van der Waals surface area contributed by atoms with Gasteiger partial charge < -0.3 is 10.1 Å². The monoisotopic (exact) mass is 357 g/mol. The highest BCUT2D eigenvalue weighted by molar-refractivity contribution is 7.17. The van der Waals surface area contributed by atoms with Gasteiger partial charge in [-0.05, 0) is 51.5 Å². The van der Waals surface area contributed by atoms with E-state index >= 15 is 0 Å². The maximum Gasteiger partial charge on any atom is 0.341 e. The average molecular weight is 358 g/mol. The third kappa shape index (κ3) is 4.95. The first-order chi connectivity index (χ1) is 11.0. The second kappa shape index (κ2) is 8.69. The van der Waals surface area contributed by atoms with Gasteiger partial charge in [0.1, 0.15) is 5.00 Å². The number of alkyl halides is 1. The molecule has 0 spiro atoms. The van der Waals surface area contributed by atoms with Crippen molar-refractivity contribution in [2.24, 2.45) is 0 Å². The Morgan fingerprint density at radius 1 is 1.26 bits per heavy atom. The molecule has 1 N–H and O–H groups in total. The number of rotatable bonds is 6. The van der Waals surface area contributed by atoms with E-state index in [1.165, 1.54) is 22.6 Å². The molecule has 1 aliphatic carbocycles. The second-order valence-corrected chi connectivity index (χ2v) is 7.55. The normalized spacial score (nSPS) is 14.3. The number of amides is 1. The molecule has 0 saturated heterocycles. The van der Waals surface area contributed by atoms with Gasteiger partial charge in [0.05, 0.1) is 11.7 Å². The predicted octanol–water partition coefficient (Wildman–Crippen LogP) is 4.54. The molecular weight excluding hydrogens is 334 g/mol. The molecule has 1 aliphatic rings. The molecule has 0 aliphatic heterocycles. The van der Waals surface area contributed by atoms with E-state index in [9.17, 15) is 9.59 Å². The summed E-state index contributed by atoms with van der Waals surface area (Å²) in [7, 11) is 0. The van der Waals surface area contributed by atoms with Gasteiger partial charge in [-0.25, -0.2) is 4.79 Å². The number of halogens is 1. The van der Waals surface area contributed by atoms with Gasteiger partial charge in [-0.3, -0.25) is 4.79 Å². The van der Waals surface area contributed by atoms with Gasteiger partial charge in [0, 0.05) is 17.2 Å². The zero-order chi connectivity index (χ0) is 16.8. The quantitative estimate of drug-likeness (QED) is 0.462. The second-order valence-electron chi connectivity index (χ2n) is 6.06. The van der Waals surface area contributed by atoms with Gasteiger partial charge in [0.2, 0.25) is 5.91 Å². The SMILES string of the molecule is CC(C)OC(=O)c1c(NC(=O)CCCCl)sc2c1CCCCC2. The smallest absolute Gasteiger partial charge is 0.341 e. The van der Waals surface area contributed by atoms with E-state index in [2.05, 4.69) is 5.32 Å². The largest absolute Gasteiger partial charge is 0.459 e. The van der Waals surface area contributed by atoms with Crippen molar-refractivity contribution in [1.29, 1.82) is 0 Å². The van der Waals surface area contributed by atoms with Crippen LogP contribution in [0, 0.1) is 0 Å². The van der Waals surface area contributed by atoms with Crippen LogP contribution >= 0.6 is 22.9 Å². The van der Waals surface area contributed by atoms with Gasteiger partial charge in [0.15, 0.2) is 0 Å². The molecule has 0 bridgehead atoms. The molecule has 0 radical (unpaired) electrons. The topological polar surface area (TPSA) is 55.4 Å². The Morgan fingerprint density at radius 3 is 2.70 bits per heavy atom. The van der Waals surface area contributed by atoms with Gasteiger partial charge in [-0.2, -0.15) is 0 Å². The summed E-state index contributed by atoms with van der Waals surface area (Å²) in [6.07, 6.45) is 6.05. The molecule has 0 atom stereocenters. The first kappa shape index (κ1) is 18.3. The number of nitrogens with one attached hydrogen (secondary N) is 1. The van der Waals surface area contributed by atoms with Crippen molar-refractivity contribution < 1.29 is 14.3 Å². The number of carbonyl (C=O) groups excluding carboxylic acids is 2. The fourth-order valence-corrected chi connectivity index (χ4v) is 4.16. The van der Waals surface area contributed by atoms with Crippen molar-refractivity contribution in [3.63, 3.8) is 0 Å². The first-order valence-corrected chi connectivity index (χ1v) is 9.59.